The molecule has 47 heavy (non-hydrogen) atoms. The number of hydrogen-bond donors (Lipinski definition) is 3. The number of phosphoric ester groups is 1. The molecule has 0 spiro atoms. The second-order valence-electron chi connectivity index (χ2n) is 10.0. The van der Waals surface area contributed by atoms with Gasteiger partial charge in [-0.3, -0.25) is 9.32 Å². The number of furan rings is 1. The summed E-state index contributed by atoms with van der Waals surface area (Å²) in [6.45, 7) is 6.01. The first-order valence-electron chi connectivity index (χ1n) is 14.8. The van der Waals surface area contributed by atoms with Crippen LogP contribution in [0.5, 0.6) is 17.2 Å². The molecule has 0 atom stereocenters. The number of carbonyl (C=O) groups is 2. The Hall–Kier alpha value is -4.68. The third kappa shape index (κ3) is 10.4. The van der Waals surface area contributed by atoms with Crippen molar-refractivity contribution in [3.8, 4) is 17.2 Å². The summed E-state index contributed by atoms with van der Waals surface area (Å²) in [4.78, 5) is 49.3. The number of methoxy groups -OCH3 is 1. The summed E-state index contributed by atoms with van der Waals surface area (Å²) < 4.78 is 33.1. The molecular formula is C33H41N4O9P. The number of carbonyl (C=O) groups excluding carboxylic acids is 2. The molecule has 0 saturated heterocycles. The molecule has 0 aliphatic heterocycles. The minimum atomic E-state index is -4.69. The van der Waals surface area contributed by atoms with Crippen LogP contribution in [0.15, 0.2) is 65.2 Å². The van der Waals surface area contributed by atoms with Crippen LogP contribution in [0.25, 0.3) is 17.0 Å². The standard InChI is InChI=1S/C31H35N4O9P.C2H6/c1-21-26(25-10-6-11-28(30(25)43-21)44-24-9-5-8-23(17-24)41-4)19-34(2)29(37)13-12-22-16-27(32-14-7-15-36)31(33-18-22)35(3)20-42-45(38,39)40;1-2/h5-6,8-13,15-18,32H,7,14,19-20H2,1-4H3,(H2,38,39,40);1-2H3/b13-12+;. The zero-order chi connectivity index (χ0) is 34.6. The lowest BCUT2D eigenvalue weighted by molar-refractivity contribution is -0.125. The monoisotopic (exact) mass is 668 g/mol. The average molecular weight is 669 g/mol. The number of ether oxygens (including phenoxy) is 2. The summed E-state index contributed by atoms with van der Waals surface area (Å²) in [5, 5.41) is 3.91. The number of para-hydroxylation sites is 1. The van der Waals surface area contributed by atoms with E-state index in [-0.39, 0.29) is 18.9 Å². The SMILES string of the molecule is CC.COc1cccc(Oc2cccc3c(CN(C)C(=O)/C=C/c4cnc(N(C)COP(=O)(O)O)c(NCCC=O)c4)c(C)oc23)c1. The third-order valence-corrected chi connectivity index (χ3v) is 7.14. The predicted octanol–water partition coefficient (Wildman–Crippen LogP) is 6.14. The van der Waals surface area contributed by atoms with Crippen molar-refractivity contribution in [2.45, 2.75) is 33.7 Å². The van der Waals surface area contributed by atoms with E-state index in [9.17, 15) is 14.2 Å². The van der Waals surface area contributed by atoms with E-state index < -0.39 is 14.6 Å². The number of benzene rings is 2. The highest BCUT2D eigenvalue weighted by atomic mass is 31.2. The maximum absolute atomic E-state index is 13.1. The summed E-state index contributed by atoms with van der Waals surface area (Å²) in [5.74, 6) is 2.54. The zero-order valence-corrected chi connectivity index (χ0v) is 28.2. The Labute approximate surface area is 274 Å². The first-order chi connectivity index (χ1) is 22.5. The van der Waals surface area contributed by atoms with Crippen molar-refractivity contribution in [3.63, 3.8) is 0 Å². The minimum absolute atomic E-state index is 0.238. The van der Waals surface area contributed by atoms with Gasteiger partial charge in [-0.15, -0.1) is 0 Å². The lowest BCUT2D eigenvalue weighted by Gasteiger charge is -2.22. The lowest BCUT2D eigenvalue weighted by Crippen LogP contribution is -2.24. The number of hydrogen-bond acceptors (Lipinski definition) is 10. The molecule has 1 amide bonds. The van der Waals surface area contributed by atoms with Gasteiger partial charge in [0.25, 0.3) is 0 Å². The van der Waals surface area contributed by atoms with Crippen LogP contribution in [0.3, 0.4) is 0 Å². The molecule has 4 aromatic rings. The van der Waals surface area contributed by atoms with E-state index in [1.807, 2.05) is 57.2 Å². The van der Waals surface area contributed by atoms with Crippen LogP contribution in [-0.2, 0) is 25.2 Å². The Morgan fingerprint density at radius 2 is 1.83 bits per heavy atom. The smallest absolute Gasteiger partial charge is 0.471 e. The number of phosphoric acid groups is 1. The molecule has 252 valence electrons. The van der Waals surface area contributed by atoms with Crippen molar-refractivity contribution in [1.82, 2.24) is 9.88 Å². The molecule has 3 N–H and O–H groups in total. The van der Waals surface area contributed by atoms with Crippen LogP contribution in [0.2, 0.25) is 0 Å². The van der Waals surface area contributed by atoms with E-state index in [4.69, 9.17) is 23.7 Å². The number of rotatable bonds is 15. The summed E-state index contributed by atoms with van der Waals surface area (Å²) >= 11 is 0. The van der Waals surface area contributed by atoms with Crippen LogP contribution >= 0.6 is 7.82 Å². The average Bonchev–Trinajstić information content (AvgIpc) is 3.38. The fraction of sp³-hybridized carbons (Fsp3) is 0.303. The molecule has 13 nitrogen and oxygen atoms in total. The van der Waals surface area contributed by atoms with Crippen LogP contribution in [0.4, 0.5) is 11.5 Å². The fourth-order valence-corrected chi connectivity index (χ4v) is 4.75. The van der Waals surface area contributed by atoms with Gasteiger partial charge >= 0.3 is 7.82 Å². The summed E-state index contributed by atoms with van der Waals surface area (Å²) in [6.07, 6.45) is 5.53. The van der Waals surface area contributed by atoms with Gasteiger partial charge in [0.2, 0.25) is 5.91 Å². The van der Waals surface area contributed by atoms with Gasteiger partial charge in [0.15, 0.2) is 17.2 Å². The highest BCUT2D eigenvalue weighted by Crippen LogP contribution is 2.37. The van der Waals surface area contributed by atoms with E-state index in [1.165, 1.54) is 17.2 Å². The van der Waals surface area contributed by atoms with E-state index in [1.54, 1.807) is 44.3 Å². The van der Waals surface area contributed by atoms with Crippen molar-refractivity contribution in [3.05, 3.63) is 77.7 Å². The first kappa shape index (κ1) is 36.8. The fourth-order valence-electron chi connectivity index (χ4n) is 4.43. The molecule has 4 rings (SSSR count). The molecule has 0 fully saturated rings. The van der Waals surface area contributed by atoms with Crippen LogP contribution in [-0.4, -0.2) is 66.3 Å². The highest BCUT2D eigenvalue weighted by molar-refractivity contribution is 7.46. The van der Waals surface area contributed by atoms with Gasteiger partial charge in [-0.05, 0) is 42.8 Å². The van der Waals surface area contributed by atoms with Crippen molar-refractivity contribution in [2.24, 2.45) is 0 Å². The number of fused-ring (bicyclic) bond motifs is 1. The van der Waals surface area contributed by atoms with Crippen molar-refractivity contribution in [1.29, 1.82) is 0 Å². The summed E-state index contributed by atoms with van der Waals surface area (Å²) in [6, 6.07) is 14.6. The molecule has 0 saturated carbocycles. The quantitative estimate of drug-likeness (QED) is 0.0437. The summed E-state index contributed by atoms with van der Waals surface area (Å²) in [7, 11) is 0.136. The van der Waals surface area contributed by atoms with Gasteiger partial charge in [-0.1, -0.05) is 32.0 Å². The Morgan fingerprint density at radius 3 is 2.53 bits per heavy atom. The molecule has 0 aliphatic carbocycles. The van der Waals surface area contributed by atoms with Crippen molar-refractivity contribution in [2.75, 3.05) is 44.7 Å². The van der Waals surface area contributed by atoms with Crippen molar-refractivity contribution >= 4 is 48.6 Å². The maximum atomic E-state index is 13.1. The van der Waals surface area contributed by atoms with Gasteiger partial charge < -0.3 is 43.6 Å². The second kappa shape index (κ2) is 17.3. The van der Waals surface area contributed by atoms with E-state index in [2.05, 4.69) is 14.8 Å². The van der Waals surface area contributed by atoms with Gasteiger partial charge in [0.1, 0.15) is 30.3 Å². The minimum Gasteiger partial charge on any atom is -0.497 e. The Bertz CT molecular complexity index is 1730. The number of aromatic nitrogens is 1. The van der Waals surface area contributed by atoms with Gasteiger partial charge in [-0.25, -0.2) is 9.55 Å². The van der Waals surface area contributed by atoms with Crippen LogP contribution in [0.1, 0.15) is 37.2 Å². The largest absolute Gasteiger partial charge is 0.497 e. The van der Waals surface area contributed by atoms with Crippen molar-refractivity contribution < 1.29 is 42.4 Å². The number of anilines is 2. The number of nitrogens with zero attached hydrogens (tertiary/aromatic N) is 3. The molecule has 2 heterocycles. The number of aldehydes is 1. The zero-order valence-electron chi connectivity index (χ0n) is 27.3. The number of nitrogens with one attached hydrogen (secondary N) is 1. The lowest BCUT2D eigenvalue weighted by atomic mass is 10.1. The van der Waals surface area contributed by atoms with E-state index in [0.717, 1.165) is 17.2 Å². The second-order valence-corrected chi connectivity index (χ2v) is 11.3. The Kier molecular flexibility index (Phi) is 13.5. The molecule has 2 aromatic heterocycles. The third-order valence-electron chi connectivity index (χ3n) is 6.69. The summed E-state index contributed by atoms with van der Waals surface area (Å²) in [5.41, 5.74) is 2.49. The number of aryl methyl sites for hydroxylation is 1. The molecule has 0 unspecified atom stereocenters. The molecule has 0 bridgehead atoms. The first-order valence-corrected chi connectivity index (χ1v) is 16.4. The van der Waals surface area contributed by atoms with Gasteiger partial charge in [0, 0.05) is 62.9 Å². The molecule has 0 radical (unpaired) electrons. The Balaban J connectivity index is 0.00000294. The normalized spacial score (nSPS) is 11.1. The van der Waals surface area contributed by atoms with Crippen LogP contribution in [0, 0.1) is 6.92 Å². The molecule has 0 aliphatic rings. The highest BCUT2D eigenvalue weighted by Gasteiger charge is 2.19. The van der Waals surface area contributed by atoms with E-state index >= 15 is 0 Å². The Morgan fingerprint density at radius 1 is 1.11 bits per heavy atom. The molecule has 2 aromatic carbocycles. The topological polar surface area (TPSA) is 164 Å². The molecular weight excluding hydrogens is 627 g/mol. The predicted molar refractivity (Wildman–Crippen MR) is 181 cm³/mol. The number of likely N-dealkylation sites (N-methyl/N-ethyl adjacent to an activating group) is 1. The van der Waals surface area contributed by atoms with Gasteiger partial charge in [0.05, 0.1) is 12.8 Å². The molecule has 14 heteroatoms. The van der Waals surface area contributed by atoms with Gasteiger partial charge in [-0.2, -0.15) is 0 Å². The maximum Gasteiger partial charge on any atom is 0.471 e. The number of amides is 1. The number of pyridine rings is 1. The van der Waals surface area contributed by atoms with Crippen LogP contribution < -0.4 is 19.7 Å². The van der Waals surface area contributed by atoms with E-state index in [0.29, 0.717) is 52.2 Å².